The molecule has 1 heterocycles. The molecule has 0 radical (unpaired) electrons. The number of hydrogen-bond acceptors (Lipinski definition) is 2. The number of carbonyl (C=O) groups excluding carboxylic acids is 1. The molecule has 3 rings (SSSR count). The lowest BCUT2D eigenvalue weighted by Crippen LogP contribution is -2.29. The van der Waals surface area contributed by atoms with E-state index in [-0.39, 0.29) is 31.2 Å². The fraction of sp³-hybridized carbons (Fsp3) is 0.167. The Hall–Kier alpha value is -2.89. The number of carbonyl (C=O) groups is 1. The minimum absolute atomic E-state index is 0.131. The summed E-state index contributed by atoms with van der Waals surface area (Å²) in [5, 5.41) is 3.76. The second-order valence-corrected chi connectivity index (χ2v) is 5.31. The van der Waals surface area contributed by atoms with Crippen molar-refractivity contribution in [1.82, 2.24) is 10.3 Å². The smallest absolute Gasteiger partial charge is 0.224 e. The number of ether oxygens (including phenoxy) is 1. The van der Waals surface area contributed by atoms with E-state index in [1.807, 2.05) is 30.5 Å². The zero-order valence-electron chi connectivity index (χ0n) is 12.8. The van der Waals surface area contributed by atoms with Crippen LogP contribution in [0.5, 0.6) is 5.75 Å². The van der Waals surface area contributed by atoms with Crippen LogP contribution in [-0.4, -0.2) is 24.0 Å². The molecule has 2 N–H and O–H groups in total. The van der Waals surface area contributed by atoms with E-state index in [4.69, 9.17) is 4.74 Å². The van der Waals surface area contributed by atoms with Crippen LogP contribution in [0.4, 0.5) is 8.78 Å². The maximum absolute atomic E-state index is 13.0. The number of fused-ring (bicyclic) bond motifs is 1. The highest BCUT2D eigenvalue weighted by molar-refractivity contribution is 5.88. The lowest BCUT2D eigenvalue weighted by molar-refractivity contribution is -0.120. The van der Waals surface area contributed by atoms with Gasteiger partial charge in [0.05, 0.1) is 13.0 Å². The number of nitrogens with one attached hydrogen (secondary N) is 2. The molecule has 1 aromatic heterocycles. The monoisotopic (exact) mass is 330 g/mol. The third kappa shape index (κ3) is 3.71. The largest absolute Gasteiger partial charge is 0.492 e. The van der Waals surface area contributed by atoms with Crippen LogP contribution in [0, 0.1) is 11.6 Å². The van der Waals surface area contributed by atoms with Crippen LogP contribution in [0.2, 0.25) is 0 Å². The third-order valence-corrected chi connectivity index (χ3v) is 3.61. The first kappa shape index (κ1) is 16.0. The number of halogens is 2. The summed E-state index contributed by atoms with van der Waals surface area (Å²) < 4.78 is 31.1. The lowest BCUT2D eigenvalue weighted by atomic mass is 10.1. The Kier molecular flexibility index (Phi) is 4.74. The quantitative estimate of drug-likeness (QED) is 0.682. The van der Waals surface area contributed by atoms with Gasteiger partial charge >= 0.3 is 0 Å². The van der Waals surface area contributed by atoms with Crippen LogP contribution in [0.25, 0.3) is 10.9 Å². The average Bonchev–Trinajstić information content (AvgIpc) is 2.98. The SMILES string of the molecule is O=C(Cc1c[nH]c2ccccc12)NCCOc1ccc(F)c(F)c1. The number of aromatic amines is 1. The Bertz CT molecular complexity index is 861. The van der Waals surface area contributed by atoms with Crippen LogP contribution >= 0.6 is 0 Å². The van der Waals surface area contributed by atoms with E-state index in [2.05, 4.69) is 10.3 Å². The van der Waals surface area contributed by atoms with Gasteiger partial charge in [0.2, 0.25) is 5.91 Å². The van der Waals surface area contributed by atoms with E-state index in [0.717, 1.165) is 28.6 Å². The highest BCUT2D eigenvalue weighted by Gasteiger charge is 2.08. The van der Waals surface area contributed by atoms with Crippen molar-refractivity contribution in [2.75, 3.05) is 13.2 Å². The van der Waals surface area contributed by atoms with Gasteiger partial charge < -0.3 is 15.0 Å². The third-order valence-electron chi connectivity index (χ3n) is 3.61. The normalized spacial score (nSPS) is 10.8. The Morgan fingerprint density at radius 1 is 1.12 bits per heavy atom. The number of para-hydroxylation sites is 1. The van der Waals surface area contributed by atoms with Crippen LogP contribution in [0.3, 0.4) is 0 Å². The van der Waals surface area contributed by atoms with Gasteiger partial charge in [0, 0.05) is 23.2 Å². The molecule has 0 aliphatic rings. The molecule has 4 nitrogen and oxygen atoms in total. The predicted molar refractivity (Wildman–Crippen MR) is 86.9 cm³/mol. The molecule has 124 valence electrons. The number of hydrogen-bond donors (Lipinski definition) is 2. The predicted octanol–water partition coefficient (Wildman–Crippen LogP) is 3.18. The molecule has 0 atom stereocenters. The first-order valence-electron chi connectivity index (χ1n) is 7.53. The zero-order valence-corrected chi connectivity index (χ0v) is 12.8. The molecule has 0 spiro atoms. The van der Waals surface area contributed by atoms with Gasteiger partial charge in [0.25, 0.3) is 0 Å². The first-order valence-corrected chi connectivity index (χ1v) is 7.53. The molecule has 1 amide bonds. The summed E-state index contributed by atoms with van der Waals surface area (Å²) in [5.74, 6) is -1.79. The minimum Gasteiger partial charge on any atom is -0.492 e. The van der Waals surface area contributed by atoms with E-state index in [0.29, 0.717) is 0 Å². The highest BCUT2D eigenvalue weighted by atomic mass is 19.2. The van der Waals surface area contributed by atoms with Crippen molar-refractivity contribution < 1.29 is 18.3 Å². The van der Waals surface area contributed by atoms with Crippen molar-refractivity contribution in [2.24, 2.45) is 0 Å². The molecular formula is C18H16F2N2O2. The van der Waals surface area contributed by atoms with Crippen molar-refractivity contribution in [3.63, 3.8) is 0 Å². The minimum atomic E-state index is -0.962. The van der Waals surface area contributed by atoms with Crippen molar-refractivity contribution in [3.8, 4) is 5.75 Å². The second-order valence-electron chi connectivity index (χ2n) is 5.31. The number of rotatable bonds is 6. The molecule has 0 aliphatic heterocycles. The summed E-state index contributed by atoms with van der Waals surface area (Å²) >= 11 is 0. The second kappa shape index (κ2) is 7.12. The van der Waals surface area contributed by atoms with Crippen LogP contribution < -0.4 is 10.1 Å². The summed E-state index contributed by atoms with van der Waals surface area (Å²) in [5.41, 5.74) is 1.91. The molecule has 0 fully saturated rings. The summed E-state index contributed by atoms with van der Waals surface area (Å²) in [6.45, 7) is 0.449. The van der Waals surface area contributed by atoms with E-state index in [1.165, 1.54) is 6.07 Å². The maximum atomic E-state index is 13.0. The van der Waals surface area contributed by atoms with Crippen molar-refractivity contribution in [1.29, 1.82) is 0 Å². The van der Waals surface area contributed by atoms with Crippen molar-refractivity contribution in [3.05, 3.63) is 65.9 Å². The zero-order chi connectivity index (χ0) is 16.9. The lowest BCUT2D eigenvalue weighted by Gasteiger charge is -2.08. The molecule has 3 aromatic rings. The van der Waals surface area contributed by atoms with Gasteiger partial charge in [0.15, 0.2) is 11.6 Å². The fourth-order valence-corrected chi connectivity index (χ4v) is 2.44. The number of benzene rings is 2. The Morgan fingerprint density at radius 2 is 1.96 bits per heavy atom. The van der Waals surface area contributed by atoms with E-state index >= 15 is 0 Å². The summed E-state index contributed by atoms with van der Waals surface area (Å²) in [7, 11) is 0. The average molecular weight is 330 g/mol. The van der Waals surface area contributed by atoms with Crippen LogP contribution in [-0.2, 0) is 11.2 Å². The van der Waals surface area contributed by atoms with Gasteiger partial charge in [-0.1, -0.05) is 18.2 Å². The number of aromatic nitrogens is 1. The Labute approximate surface area is 137 Å². The Balaban J connectivity index is 1.46. The molecule has 0 bridgehead atoms. The van der Waals surface area contributed by atoms with Gasteiger partial charge in [-0.3, -0.25) is 4.79 Å². The van der Waals surface area contributed by atoms with E-state index in [1.54, 1.807) is 0 Å². The topological polar surface area (TPSA) is 54.1 Å². The van der Waals surface area contributed by atoms with Crippen molar-refractivity contribution >= 4 is 16.8 Å². The number of H-pyrrole nitrogens is 1. The van der Waals surface area contributed by atoms with Gasteiger partial charge in [0.1, 0.15) is 12.4 Å². The van der Waals surface area contributed by atoms with Crippen LogP contribution in [0.1, 0.15) is 5.56 Å². The molecule has 2 aromatic carbocycles. The van der Waals surface area contributed by atoms with Crippen LogP contribution in [0.15, 0.2) is 48.7 Å². The molecule has 0 unspecified atom stereocenters. The fourth-order valence-electron chi connectivity index (χ4n) is 2.44. The standard InChI is InChI=1S/C18H16F2N2O2/c19-15-6-5-13(10-16(15)20)24-8-7-21-18(23)9-12-11-22-17-4-2-1-3-14(12)17/h1-6,10-11,22H,7-9H2,(H,21,23). The molecule has 0 aliphatic carbocycles. The molecule has 0 saturated heterocycles. The Morgan fingerprint density at radius 3 is 2.79 bits per heavy atom. The van der Waals surface area contributed by atoms with Crippen molar-refractivity contribution in [2.45, 2.75) is 6.42 Å². The number of amides is 1. The van der Waals surface area contributed by atoms with E-state index in [9.17, 15) is 13.6 Å². The molecular weight excluding hydrogens is 314 g/mol. The molecule has 0 saturated carbocycles. The highest BCUT2D eigenvalue weighted by Crippen LogP contribution is 2.18. The maximum Gasteiger partial charge on any atom is 0.224 e. The summed E-state index contributed by atoms with van der Waals surface area (Å²) in [6.07, 6.45) is 2.08. The van der Waals surface area contributed by atoms with Gasteiger partial charge in [-0.25, -0.2) is 8.78 Å². The first-order chi connectivity index (χ1) is 11.6. The van der Waals surface area contributed by atoms with Gasteiger partial charge in [-0.2, -0.15) is 0 Å². The van der Waals surface area contributed by atoms with Gasteiger partial charge in [-0.15, -0.1) is 0 Å². The van der Waals surface area contributed by atoms with E-state index < -0.39 is 11.6 Å². The molecule has 6 heteroatoms. The summed E-state index contributed by atoms with van der Waals surface area (Å²) in [6, 6.07) is 11.1. The molecule has 24 heavy (non-hydrogen) atoms. The van der Waals surface area contributed by atoms with Gasteiger partial charge in [-0.05, 0) is 23.8 Å². The summed E-state index contributed by atoms with van der Waals surface area (Å²) in [4.78, 5) is 15.1.